The summed E-state index contributed by atoms with van der Waals surface area (Å²) in [5.41, 5.74) is 4.18. The number of methoxy groups -OCH3 is 1. The Morgan fingerprint density at radius 1 is 1.41 bits per heavy atom. The number of benzene rings is 1. The van der Waals surface area contributed by atoms with Crippen molar-refractivity contribution in [2.75, 3.05) is 21.2 Å². The summed E-state index contributed by atoms with van der Waals surface area (Å²) in [4.78, 5) is 14.2. The third kappa shape index (κ3) is 4.33. The predicted octanol–water partition coefficient (Wildman–Crippen LogP) is 2.65. The lowest BCUT2D eigenvalue weighted by atomic mass is 9.91. The fourth-order valence-corrected chi connectivity index (χ4v) is 3.69. The number of aryl methyl sites for hydroxylation is 1. The van der Waals surface area contributed by atoms with Crippen LogP contribution in [0.25, 0.3) is 0 Å². The van der Waals surface area contributed by atoms with Gasteiger partial charge in [0.1, 0.15) is 5.75 Å². The molecule has 1 aromatic carbocycles. The quantitative estimate of drug-likeness (QED) is 0.814. The van der Waals surface area contributed by atoms with Gasteiger partial charge >= 0.3 is 0 Å². The Kier molecular flexibility index (Phi) is 6.16. The van der Waals surface area contributed by atoms with Crippen molar-refractivity contribution in [1.29, 1.82) is 0 Å². The molecule has 6 heteroatoms. The molecule has 0 fully saturated rings. The van der Waals surface area contributed by atoms with E-state index in [0.29, 0.717) is 11.7 Å². The largest absolute Gasteiger partial charge is 0.497 e. The van der Waals surface area contributed by atoms with Crippen LogP contribution in [0.15, 0.2) is 24.3 Å². The smallest absolute Gasteiger partial charge is 0.274 e. The van der Waals surface area contributed by atoms with Gasteiger partial charge in [0.15, 0.2) is 5.69 Å². The Morgan fingerprint density at radius 2 is 2.22 bits per heavy atom. The molecule has 1 aromatic heterocycles. The average Bonchev–Trinajstić information content (AvgIpc) is 3.04. The highest BCUT2D eigenvalue weighted by molar-refractivity contribution is 5.93. The fourth-order valence-electron chi connectivity index (χ4n) is 3.69. The molecule has 27 heavy (non-hydrogen) atoms. The van der Waals surface area contributed by atoms with E-state index in [1.807, 2.05) is 16.8 Å². The number of fused-ring (bicyclic) bond motifs is 1. The maximum absolute atomic E-state index is 12.6. The van der Waals surface area contributed by atoms with Crippen molar-refractivity contribution in [2.24, 2.45) is 0 Å². The van der Waals surface area contributed by atoms with Crippen LogP contribution in [0.2, 0.25) is 0 Å². The predicted molar refractivity (Wildman–Crippen MR) is 106 cm³/mol. The van der Waals surface area contributed by atoms with Gasteiger partial charge in [-0.3, -0.25) is 9.48 Å². The molecule has 0 aliphatic heterocycles. The molecule has 0 spiro atoms. The van der Waals surface area contributed by atoms with Crippen LogP contribution in [0.4, 0.5) is 0 Å². The molecule has 1 aliphatic rings. The van der Waals surface area contributed by atoms with Crippen LogP contribution in [0.5, 0.6) is 5.75 Å². The normalized spacial score (nSPS) is 16.1. The van der Waals surface area contributed by atoms with Crippen molar-refractivity contribution in [2.45, 2.75) is 51.7 Å². The number of amides is 1. The first-order chi connectivity index (χ1) is 13.0. The molecular formula is C21H30N4O2. The van der Waals surface area contributed by atoms with Gasteiger partial charge in [-0.1, -0.05) is 19.1 Å². The maximum atomic E-state index is 12.6. The van der Waals surface area contributed by atoms with Gasteiger partial charge in [-0.25, -0.2) is 0 Å². The molecule has 1 heterocycles. The molecule has 0 bridgehead atoms. The SMILES string of the molecule is CCCn1nc(C(=O)N(C)C)c2c1CCC(NCc1cccc(OC)c1)C2. The Hall–Kier alpha value is -2.34. The highest BCUT2D eigenvalue weighted by Crippen LogP contribution is 2.26. The van der Waals surface area contributed by atoms with Crippen LogP contribution in [0.1, 0.15) is 47.1 Å². The summed E-state index contributed by atoms with van der Waals surface area (Å²) in [6.45, 7) is 3.80. The summed E-state index contributed by atoms with van der Waals surface area (Å²) in [6.07, 6.45) is 3.87. The van der Waals surface area contributed by atoms with Crippen LogP contribution in [0.3, 0.4) is 0 Å². The number of nitrogens with zero attached hydrogens (tertiary/aromatic N) is 3. The Balaban J connectivity index is 1.75. The molecular weight excluding hydrogens is 340 g/mol. The van der Waals surface area contributed by atoms with Gasteiger partial charge in [0.25, 0.3) is 5.91 Å². The molecule has 1 N–H and O–H groups in total. The summed E-state index contributed by atoms with van der Waals surface area (Å²) in [5.74, 6) is 0.870. The zero-order valence-electron chi connectivity index (χ0n) is 16.8. The van der Waals surface area contributed by atoms with E-state index in [4.69, 9.17) is 4.74 Å². The number of aromatic nitrogens is 2. The summed E-state index contributed by atoms with van der Waals surface area (Å²) < 4.78 is 7.35. The minimum absolute atomic E-state index is 0.00505. The zero-order valence-corrected chi connectivity index (χ0v) is 16.8. The molecule has 0 radical (unpaired) electrons. The molecule has 1 amide bonds. The lowest BCUT2D eigenvalue weighted by Crippen LogP contribution is -2.35. The fraction of sp³-hybridized carbons (Fsp3) is 0.524. The number of nitrogens with one attached hydrogen (secondary N) is 1. The molecule has 1 aliphatic carbocycles. The van der Waals surface area contributed by atoms with Gasteiger partial charge in [-0.2, -0.15) is 5.10 Å². The topological polar surface area (TPSA) is 59.4 Å². The second-order valence-electron chi connectivity index (χ2n) is 7.37. The van der Waals surface area contributed by atoms with Gasteiger partial charge in [0.2, 0.25) is 0 Å². The third-order valence-electron chi connectivity index (χ3n) is 5.12. The van der Waals surface area contributed by atoms with E-state index in [2.05, 4.69) is 29.5 Å². The van der Waals surface area contributed by atoms with Crippen molar-refractivity contribution in [3.05, 3.63) is 46.8 Å². The third-order valence-corrected chi connectivity index (χ3v) is 5.12. The monoisotopic (exact) mass is 370 g/mol. The second-order valence-corrected chi connectivity index (χ2v) is 7.37. The second kappa shape index (κ2) is 8.57. The molecule has 1 atom stereocenters. The summed E-state index contributed by atoms with van der Waals surface area (Å²) in [6, 6.07) is 8.47. The van der Waals surface area contributed by atoms with Crippen molar-refractivity contribution in [3.8, 4) is 5.75 Å². The lowest BCUT2D eigenvalue weighted by molar-refractivity contribution is 0.0819. The van der Waals surface area contributed by atoms with Gasteiger partial charge in [-0.05, 0) is 43.4 Å². The Morgan fingerprint density at radius 3 is 2.93 bits per heavy atom. The van der Waals surface area contributed by atoms with E-state index in [9.17, 15) is 4.79 Å². The summed E-state index contributed by atoms with van der Waals surface area (Å²) in [7, 11) is 5.26. The molecule has 6 nitrogen and oxygen atoms in total. The molecule has 1 unspecified atom stereocenters. The number of hydrogen-bond donors (Lipinski definition) is 1. The van der Waals surface area contributed by atoms with Gasteiger partial charge < -0.3 is 15.0 Å². The van der Waals surface area contributed by atoms with Crippen LogP contribution >= 0.6 is 0 Å². The molecule has 3 rings (SSSR count). The highest BCUT2D eigenvalue weighted by Gasteiger charge is 2.29. The minimum atomic E-state index is -0.00505. The van der Waals surface area contributed by atoms with Gasteiger partial charge in [0.05, 0.1) is 7.11 Å². The van der Waals surface area contributed by atoms with E-state index in [-0.39, 0.29) is 5.91 Å². The molecule has 146 valence electrons. The van der Waals surface area contributed by atoms with Crippen molar-refractivity contribution in [1.82, 2.24) is 20.0 Å². The van der Waals surface area contributed by atoms with E-state index in [0.717, 1.165) is 50.1 Å². The van der Waals surface area contributed by atoms with Gasteiger partial charge in [-0.15, -0.1) is 0 Å². The Labute approximate surface area is 161 Å². The number of ether oxygens (including phenoxy) is 1. The van der Waals surface area contributed by atoms with E-state index in [1.54, 1.807) is 26.1 Å². The number of rotatable bonds is 7. The maximum Gasteiger partial charge on any atom is 0.274 e. The average molecular weight is 370 g/mol. The first-order valence-electron chi connectivity index (χ1n) is 9.70. The van der Waals surface area contributed by atoms with Gasteiger partial charge in [0, 0.05) is 44.5 Å². The van der Waals surface area contributed by atoms with E-state index in [1.165, 1.54) is 11.3 Å². The molecule has 0 saturated heterocycles. The van der Waals surface area contributed by atoms with E-state index >= 15 is 0 Å². The van der Waals surface area contributed by atoms with Crippen molar-refractivity contribution < 1.29 is 9.53 Å². The number of carbonyl (C=O) groups excluding carboxylic acids is 1. The molecule has 2 aromatic rings. The van der Waals surface area contributed by atoms with Crippen LogP contribution in [-0.4, -0.2) is 47.8 Å². The minimum Gasteiger partial charge on any atom is -0.497 e. The number of hydrogen-bond acceptors (Lipinski definition) is 4. The van der Waals surface area contributed by atoms with Crippen molar-refractivity contribution in [3.63, 3.8) is 0 Å². The Bertz CT molecular complexity index is 797. The van der Waals surface area contributed by atoms with Crippen molar-refractivity contribution >= 4 is 5.91 Å². The zero-order chi connectivity index (χ0) is 19.4. The lowest BCUT2D eigenvalue weighted by Gasteiger charge is -2.25. The first kappa shape index (κ1) is 19.4. The van der Waals surface area contributed by atoms with Crippen LogP contribution in [0, 0.1) is 0 Å². The van der Waals surface area contributed by atoms with E-state index < -0.39 is 0 Å². The summed E-state index contributed by atoms with van der Waals surface area (Å²) in [5, 5.41) is 8.31. The first-order valence-corrected chi connectivity index (χ1v) is 9.70. The number of carbonyl (C=O) groups is 1. The summed E-state index contributed by atoms with van der Waals surface area (Å²) >= 11 is 0. The highest BCUT2D eigenvalue weighted by atomic mass is 16.5. The standard InChI is InChI=1S/C21H30N4O2/c1-5-11-25-19-10-9-16(13-18(19)20(23-25)21(26)24(2)3)22-14-15-7-6-8-17(12-15)27-4/h6-8,12,16,22H,5,9-11,13-14H2,1-4H3. The molecule has 0 saturated carbocycles. The van der Waals surface area contributed by atoms with Crippen LogP contribution in [-0.2, 0) is 25.9 Å². The van der Waals surface area contributed by atoms with Crippen LogP contribution < -0.4 is 10.1 Å².